The van der Waals surface area contributed by atoms with Crippen molar-refractivity contribution in [2.24, 2.45) is 0 Å². The molecule has 4 aromatic rings. The second kappa shape index (κ2) is 7.46. The van der Waals surface area contributed by atoms with Crippen LogP contribution in [0, 0.1) is 6.92 Å². The van der Waals surface area contributed by atoms with Crippen molar-refractivity contribution in [3.63, 3.8) is 0 Å². The summed E-state index contributed by atoms with van der Waals surface area (Å²) in [7, 11) is 0. The number of alkyl halides is 3. The molecule has 0 radical (unpaired) electrons. The van der Waals surface area contributed by atoms with Gasteiger partial charge in [-0.15, -0.1) is 0 Å². The molecule has 0 saturated heterocycles. The first-order chi connectivity index (χ1) is 14.2. The van der Waals surface area contributed by atoms with Gasteiger partial charge in [0.05, 0.1) is 5.69 Å². The summed E-state index contributed by atoms with van der Waals surface area (Å²) < 4.78 is 41.7. The highest BCUT2D eigenvalue weighted by Crippen LogP contribution is 2.32. The fourth-order valence-corrected chi connectivity index (χ4v) is 3.08. The highest BCUT2D eigenvalue weighted by atomic mass is 35.5. The van der Waals surface area contributed by atoms with Crippen LogP contribution in [0.15, 0.2) is 60.7 Å². The molecule has 0 spiro atoms. The van der Waals surface area contributed by atoms with Gasteiger partial charge in [0.2, 0.25) is 0 Å². The first-order valence-corrected chi connectivity index (χ1v) is 9.21. The molecule has 2 aromatic heterocycles. The summed E-state index contributed by atoms with van der Waals surface area (Å²) in [5.74, 6) is -0.629. The monoisotopic (exact) mass is 430 g/mol. The third-order valence-electron chi connectivity index (χ3n) is 4.48. The average Bonchev–Trinajstić information content (AvgIpc) is 3.13. The van der Waals surface area contributed by atoms with E-state index >= 15 is 0 Å². The number of aromatic nitrogens is 3. The van der Waals surface area contributed by atoms with Gasteiger partial charge in [0.1, 0.15) is 0 Å². The van der Waals surface area contributed by atoms with Gasteiger partial charge in [0.15, 0.2) is 17.0 Å². The minimum atomic E-state index is -4.70. The minimum absolute atomic E-state index is 0.0929. The number of amides is 1. The summed E-state index contributed by atoms with van der Waals surface area (Å²) in [6.45, 7) is 1.81. The van der Waals surface area contributed by atoms with Crippen molar-refractivity contribution in [1.82, 2.24) is 14.6 Å². The van der Waals surface area contributed by atoms with E-state index in [9.17, 15) is 18.0 Å². The average molecular weight is 431 g/mol. The zero-order valence-electron chi connectivity index (χ0n) is 15.5. The van der Waals surface area contributed by atoms with Gasteiger partial charge in [-0.2, -0.15) is 18.3 Å². The minimum Gasteiger partial charge on any atom is -0.320 e. The van der Waals surface area contributed by atoms with Crippen LogP contribution in [0.5, 0.6) is 0 Å². The fourth-order valence-electron chi connectivity index (χ4n) is 2.96. The molecular weight excluding hydrogens is 417 g/mol. The van der Waals surface area contributed by atoms with Gasteiger partial charge >= 0.3 is 6.18 Å². The fraction of sp³-hybridized carbons (Fsp3) is 0.0952. The number of carbonyl (C=O) groups excluding carboxylic acids is 1. The molecule has 30 heavy (non-hydrogen) atoms. The molecule has 2 heterocycles. The van der Waals surface area contributed by atoms with E-state index in [-0.39, 0.29) is 17.0 Å². The van der Waals surface area contributed by atoms with Crippen LogP contribution in [0.25, 0.3) is 16.9 Å². The van der Waals surface area contributed by atoms with Crippen LogP contribution in [0.1, 0.15) is 21.7 Å². The molecule has 4 rings (SSSR count). The second-order valence-corrected chi connectivity index (χ2v) is 7.04. The molecule has 1 amide bonds. The highest BCUT2D eigenvalue weighted by molar-refractivity contribution is 6.30. The number of halogens is 4. The number of hydrogen-bond donors (Lipinski definition) is 1. The topological polar surface area (TPSA) is 59.3 Å². The van der Waals surface area contributed by atoms with Crippen molar-refractivity contribution in [3.05, 3.63) is 82.6 Å². The van der Waals surface area contributed by atoms with E-state index in [0.29, 0.717) is 20.8 Å². The molecule has 9 heteroatoms. The summed E-state index contributed by atoms with van der Waals surface area (Å²) in [5, 5.41) is 6.97. The number of fused-ring (bicyclic) bond motifs is 1. The lowest BCUT2D eigenvalue weighted by Gasteiger charge is -2.11. The Morgan fingerprint density at radius 2 is 1.77 bits per heavy atom. The normalized spacial score (nSPS) is 11.6. The van der Waals surface area contributed by atoms with Crippen molar-refractivity contribution in [2.45, 2.75) is 13.1 Å². The van der Waals surface area contributed by atoms with Crippen LogP contribution < -0.4 is 5.32 Å². The van der Waals surface area contributed by atoms with Crippen molar-refractivity contribution >= 4 is 28.8 Å². The summed E-state index contributed by atoms with van der Waals surface area (Å²) >= 11 is 5.85. The predicted octanol–water partition coefficient (Wildman–Crippen LogP) is 5.63. The second-order valence-electron chi connectivity index (χ2n) is 6.60. The molecule has 0 unspecified atom stereocenters. The Balaban J connectivity index is 1.80. The molecule has 0 aliphatic carbocycles. The number of nitrogens with zero attached hydrogens (tertiary/aromatic N) is 3. The van der Waals surface area contributed by atoms with Gasteiger partial charge in [-0.25, -0.2) is 9.50 Å². The number of carbonyl (C=O) groups is 1. The number of rotatable bonds is 3. The molecule has 0 aliphatic heterocycles. The molecular formula is C21H14ClF3N4O. The van der Waals surface area contributed by atoms with Crippen molar-refractivity contribution < 1.29 is 18.0 Å². The largest absolute Gasteiger partial charge is 0.433 e. The zero-order valence-corrected chi connectivity index (χ0v) is 16.3. The summed E-state index contributed by atoms with van der Waals surface area (Å²) in [5.41, 5.74) is 0.609. The van der Waals surface area contributed by atoms with Gasteiger partial charge in [-0.1, -0.05) is 41.9 Å². The highest BCUT2D eigenvalue weighted by Gasteiger charge is 2.35. The Hall–Kier alpha value is -3.39. The number of para-hydroxylation sites is 1. The van der Waals surface area contributed by atoms with Crippen LogP contribution in [0.3, 0.4) is 0 Å². The van der Waals surface area contributed by atoms with Crippen LogP contribution >= 0.6 is 11.6 Å². The van der Waals surface area contributed by atoms with E-state index in [1.54, 1.807) is 49.4 Å². The van der Waals surface area contributed by atoms with Gasteiger partial charge in [0, 0.05) is 22.3 Å². The van der Waals surface area contributed by atoms with Crippen LogP contribution in [0.4, 0.5) is 18.9 Å². The maximum absolute atomic E-state index is 13.7. The van der Waals surface area contributed by atoms with E-state index in [0.717, 1.165) is 11.6 Å². The molecule has 5 nitrogen and oxygen atoms in total. The van der Waals surface area contributed by atoms with Gasteiger partial charge in [-0.05, 0) is 36.8 Å². The van der Waals surface area contributed by atoms with Gasteiger partial charge < -0.3 is 5.32 Å². The van der Waals surface area contributed by atoms with Gasteiger partial charge in [-0.3, -0.25) is 4.79 Å². The van der Waals surface area contributed by atoms with Crippen molar-refractivity contribution in [1.29, 1.82) is 0 Å². The maximum atomic E-state index is 13.7. The maximum Gasteiger partial charge on any atom is 0.433 e. The molecule has 0 atom stereocenters. The Morgan fingerprint density at radius 3 is 2.43 bits per heavy atom. The van der Waals surface area contributed by atoms with E-state index < -0.39 is 17.8 Å². The summed E-state index contributed by atoms with van der Waals surface area (Å²) in [6, 6.07) is 15.5. The van der Waals surface area contributed by atoms with Crippen LogP contribution in [0.2, 0.25) is 5.02 Å². The third kappa shape index (κ3) is 3.86. The molecule has 2 aromatic carbocycles. The SMILES string of the molecule is Cc1ccccc1NC(=O)c1cc2nc(-c3ccc(Cl)cc3)cc(C(F)(F)F)n2n1. The summed E-state index contributed by atoms with van der Waals surface area (Å²) in [4.78, 5) is 16.8. The first-order valence-electron chi connectivity index (χ1n) is 8.83. The Morgan fingerprint density at radius 1 is 1.07 bits per heavy atom. The molecule has 0 bridgehead atoms. The molecule has 0 saturated carbocycles. The van der Waals surface area contributed by atoms with Crippen LogP contribution in [-0.2, 0) is 6.18 Å². The van der Waals surface area contributed by atoms with Crippen molar-refractivity contribution in [3.8, 4) is 11.3 Å². The lowest BCUT2D eigenvalue weighted by Crippen LogP contribution is -2.16. The lowest BCUT2D eigenvalue weighted by molar-refractivity contribution is -0.142. The number of nitrogens with one attached hydrogen (secondary N) is 1. The summed E-state index contributed by atoms with van der Waals surface area (Å²) in [6.07, 6.45) is -4.70. The number of benzene rings is 2. The first kappa shape index (κ1) is 19.9. The molecule has 152 valence electrons. The standard InChI is InChI=1S/C21H14ClF3N4O/c1-12-4-2-3-5-15(12)27-20(30)17-11-19-26-16(13-6-8-14(22)9-7-13)10-18(21(23,24)25)29(19)28-17/h2-11H,1H3,(H,27,30). The Bertz CT molecular complexity index is 1250. The van der Waals surface area contributed by atoms with E-state index in [4.69, 9.17) is 11.6 Å². The Kier molecular flexibility index (Phi) is 4.95. The molecule has 0 fully saturated rings. The van der Waals surface area contributed by atoms with Crippen molar-refractivity contribution in [2.75, 3.05) is 5.32 Å². The number of hydrogen-bond acceptors (Lipinski definition) is 3. The van der Waals surface area contributed by atoms with Crippen LogP contribution in [-0.4, -0.2) is 20.5 Å². The zero-order chi connectivity index (χ0) is 21.5. The number of anilines is 1. The van der Waals surface area contributed by atoms with E-state index in [1.807, 2.05) is 6.07 Å². The quantitative estimate of drug-likeness (QED) is 0.458. The predicted molar refractivity (Wildman–Crippen MR) is 108 cm³/mol. The number of aryl methyl sites for hydroxylation is 1. The van der Waals surface area contributed by atoms with E-state index in [1.165, 1.54) is 6.07 Å². The van der Waals surface area contributed by atoms with Gasteiger partial charge in [0.25, 0.3) is 5.91 Å². The Labute approximate surface area is 174 Å². The lowest BCUT2D eigenvalue weighted by atomic mass is 10.1. The van der Waals surface area contributed by atoms with E-state index in [2.05, 4.69) is 15.4 Å². The molecule has 0 aliphatic rings. The smallest absolute Gasteiger partial charge is 0.320 e. The molecule has 1 N–H and O–H groups in total. The third-order valence-corrected chi connectivity index (χ3v) is 4.74.